The van der Waals surface area contributed by atoms with Gasteiger partial charge in [0.2, 0.25) is 70.9 Å². The van der Waals surface area contributed by atoms with Crippen molar-refractivity contribution in [2.24, 2.45) is 17.3 Å². The maximum Gasteiger partial charge on any atom is 0.419 e. The summed E-state index contributed by atoms with van der Waals surface area (Å²) in [4.78, 5) is 195. The number of rotatable bonds is 11. The Morgan fingerprint density at radius 2 is 1.32 bits per heavy atom. The number of alkyl halides is 3. The first kappa shape index (κ1) is 85.0. The van der Waals surface area contributed by atoms with Crippen molar-refractivity contribution in [3.63, 3.8) is 0 Å². The topological polar surface area (TPSA) is 289 Å². The highest BCUT2D eigenvalue weighted by Crippen LogP contribution is 2.50. The zero-order valence-electron chi connectivity index (χ0n) is 65.6. The van der Waals surface area contributed by atoms with Crippen LogP contribution in [0, 0.1) is 17.3 Å². The number of fused-ring (bicyclic) bond motifs is 22. The molecular formula is C79H115F3N12O14. The third-order valence-corrected chi connectivity index (χ3v) is 23.2. The van der Waals surface area contributed by atoms with Crippen LogP contribution in [0.25, 0.3) is 0 Å². The summed E-state index contributed by atoms with van der Waals surface area (Å²) in [6.07, 6.45) is 2.53. The Kier molecular flexibility index (Phi) is 28.9. The summed E-state index contributed by atoms with van der Waals surface area (Å²) >= 11 is 0. The summed E-state index contributed by atoms with van der Waals surface area (Å²) in [5.41, 5.74) is -1.42. The number of ether oxygens (including phenoxy) is 2. The molecule has 0 unspecified atom stereocenters. The Balaban J connectivity index is 1.28. The van der Waals surface area contributed by atoms with Gasteiger partial charge < -0.3 is 69.5 Å². The van der Waals surface area contributed by atoms with Gasteiger partial charge in [0, 0.05) is 88.4 Å². The minimum Gasteiger partial charge on any atom is -0.496 e. The molecule has 0 aromatic heterocycles. The summed E-state index contributed by atoms with van der Waals surface area (Å²) in [5.74, 6) is -9.66. The smallest absolute Gasteiger partial charge is 0.419 e. The van der Waals surface area contributed by atoms with Gasteiger partial charge in [0.15, 0.2) is 0 Å². The van der Waals surface area contributed by atoms with Gasteiger partial charge in [-0.15, -0.1) is 0 Å². The fraction of sp³-hybridized carbons (Fsp3) is 0.671. The molecule has 12 amide bonds. The summed E-state index contributed by atoms with van der Waals surface area (Å²) in [7, 11) is 11.2. The van der Waals surface area contributed by atoms with Crippen LogP contribution in [0.1, 0.15) is 167 Å². The fourth-order valence-corrected chi connectivity index (χ4v) is 16.7. The summed E-state index contributed by atoms with van der Waals surface area (Å²) < 4.78 is 54.0. The van der Waals surface area contributed by atoms with Crippen molar-refractivity contribution in [2.75, 3.05) is 95.8 Å². The van der Waals surface area contributed by atoms with Crippen LogP contribution < -0.4 is 20.7 Å². The zero-order chi connectivity index (χ0) is 79.4. The minimum atomic E-state index is -4.78. The molecule has 6 heterocycles. The van der Waals surface area contributed by atoms with Gasteiger partial charge in [-0.05, 0) is 131 Å². The number of likely N-dealkylation sites (N-methyl/N-ethyl adjacent to an activating group) is 7. The third kappa shape index (κ3) is 20.1. The van der Waals surface area contributed by atoms with Crippen molar-refractivity contribution in [3.05, 3.63) is 76.9 Å². The van der Waals surface area contributed by atoms with E-state index in [0.717, 1.165) is 23.6 Å². The molecule has 596 valence electrons. The van der Waals surface area contributed by atoms with Gasteiger partial charge >= 0.3 is 6.18 Å². The van der Waals surface area contributed by atoms with Crippen LogP contribution in [0.4, 0.5) is 13.2 Å². The van der Waals surface area contributed by atoms with Gasteiger partial charge in [-0.25, -0.2) is 0 Å². The van der Waals surface area contributed by atoms with Crippen LogP contribution in [-0.2, 0) is 87.7 Å². The van der Waals surface area contributed by atoms with Crippen LogP contribution in [0.15, 0.2) is 54.6 Å². The molecule has 2 aromatic carbocycles. The quantitative estimate of drug-likeness (QED) is 0.184. The highest BCUT2D eigenvalue weighted by molar-refractivity contribution is 6.01. The first-order valence-electron chi connectivity index (χ1n) is 38.4. The molecule has 108 heavy (non-hydrogen) atoms. The van der Waals surface area contributed by atoms with E-state index in [4.69, 9.17) is 9.47 Å². The van der Waals surface area contributed by atoms with E-state index in [9.17, 15) is 32.3 Å². The molecule has 26 nitrogen and oxygen atoms in total. The third-order valence-electron chi connectivity index (χ3n) is 23.2. The summed E-state index contributed by atoms with van der Waals surface area (Å²) in [6, 6.07) is 0.192. The van der Waals surface area contributed by atoms with Crippen LogP contribution in [0.5, 0.6) is 5.75 Å². The SMILES string of the molecule is CCO[C@@H]1C[C@H]2C(=O)NC3(CC(C)(C)C3)C(=O)N(C)[C@@H](C3CCCC3)C(=O)N(C)[C@H](C(=O)N(C)CC)CC(=O)N(C)[C@H]3CCCCCc4ccc(cc4)C[C@@H](C(=O)N(C)CC(=O)N[C@@H](CCc4ccc(C(F)(F)F)c(OC)c4)C(=O)N2C1)N1CC/C=C\C[C@@H](C1=O)N(C)C(=O)CN(C)C(=O)[C@@H]([C@@H](C)CC)NC3=O. The van der Waals surface area contributed by atoms with E-state index >= 15 is 38.4 Å². The number of amides is 12. The fourth-order valence-electron chi connectivity index (χ4n) is 16.7. The second-order valence-electron chi connectivity index (χ2n) is 31.5. The van der Waals surface area contributed by atoms with Crippen molar-refractivity contribution in [1.29, 1.82) is 0 Å². The van der Waals surface area contributed by atoms with Crippen LogP contribution >= 0.6 is 0 Å². The van der Waals surface area contributed by atoms with Gasteiger partial charge in [0.1, 0.15) is 59.6 Å². The molecule has 0 radical (unpaired) electrons. The number of aryl methyl sites for hydroxylation is 2. The monoisotopic (exact) mass is 1510 g/mol. The molecule has 2 aromatic rings. The summed E-state index contributed by atoms with van der Waals surface area (Å²) in [5, 5.41) is 8.85. The van der Waals surface area contributed by atoms with E-state index in [2.05, 4.69) is 16.0 Å². The van der Waals surface area contributed by atoms with E-state index in [1.165, 1.54) is 101 Å². The molecule has 6 bridgehead atoms. The molecule has 1 spiro atoms. The van der Waals surface area contributed by atoms with Gasteiger partial charge in [0.25, 0.3) is 0 Å². The Morgan fingerprint density at radius 3 is 1.95 bits per heavy atom. The number of methoxy groups -OCH3 is 1. The van der Waals surface area contributed by atoms with E-state index in [1.54, 1.807) is 26.8 Å². The van der Waals surface area contributed by atoms with E-state index in [-0.39, 0.29) is 77.6 Å². The van der Waals surface area contributed by atoms with Gasteiger partial charge in [-0.1, -0.05) is 102 Å². The molecule has 10 rings (SSSR count). The van der Waals surface area contributed by atoms with Crippen molar-refractivity contribution >= 4 is 70.9 Å². The van der Waals surface area contributed by atoms with Gasteiger partial charge in [-0.3, -0.25) is 57.5 Å². The second kappa shape index (κ2) is 36.7. The predicted molar refractivity (Wildman–Crippen MR) is 397 cm³/mol. The lowest BCUT2D eigenvalue weighted by atomic mass is 9.58. The Morgan fingerprint density at radius 1 is 0.676 bits per heavy atom. The molecule has 3 N–H and O–H groups in total. The number of carbonyl (C=O) groups excluding carboxylic acids is 12. The molecular weight excluding hydrogens is 1400 g/mol. The summed E-state index contributed by atoms with van der Waals surface area (Å²) in [6.45, 7) is 9.81. The van der Waals surface area contributed by atoms with E-state index in [0.29, 0.717) is 75.3 Å². The lowest BCUT2D eigenvalue weighted by Gasteiger charge is -2.54. The van der Waals surface area contributed by atoms with E-state index in [1.807, 2.05) is 51.1 Å². The molecule has 6 aliphatic heterocycles. The Bertz CT molecular complexity index is 3630. The van der Waals surface area contributed by atoms with Crippen molar-refractivity contribution < 1.29 is 80.2 Å². The first-order chi connectivity index (χ1) is 51.0. The van der Waals surface area contributed by atoms with Crippen LogP contribution in [0.2, 0.25) is 0 Å². The first-order valence-corrected chi connectivity index (χ1v) is 38.4. The van der Waals surface area contributed by atoms with Gasteiger partial charge in [0.05, 0.1) is 38.3 Å². The molecule has 29 heteroatoms. The molecule has 8 aliphatic rings. The number of carbonyl (C=O) groups is 12. The standard InChI is InChI=1S/C79H115F3N12O14/c1-15-49(4)66-74(104)88(9)46-65(97)90(11)58-30-22-19-25-39-93(73(58)103)61-40-51-33-31-50(32-34-51)26-20-18-21-29-57(68(98)84-66)89(10)64(96)43-60(71(101)86(7)16-2)91(12)75(105)67(53-27-23-24-28-53)92(13)76(106)78(47-77(5,6)48-78)85-69(99)59-42-54(108-17-3)44-94(59)70(100)56(83-63(95)45-87(8)72(61)102)38-36-52-35-37-55(79(80,81)82)62(41-52)107-14/h19,22,31-35,37,41,49,53-54,56-61,66-67H,15-18,20-21,23-30,36,38-40,42-48H2,1-14H3,(H,83,95)(H,84,98)(H,85,99)/b22-19-/t49-,54+,56-,57-,58-,59-,60-,61-,66+,67-/m0/s1. The Labute approximate surface area is 633 Å². The van der Waals surface area contributed by atoms with Crippen LogP contribution in [-0.4, -0.2) is 271 Å². The average Bonchev–Trinajstić information content (AvgIpc) is 0.916. The van der Waals surface area contributed by atoms with Crippen molar-refractivity contribution in [1.82, 2.24) is 60.0 Å². The van der Waals surface area contributed by atoms with Crippen molar-refractivity contribution in [2.45, 2.75) is 230 Å². The highest BCUT2D eigenvalue weighted by atomic mass is 19.4. The highest BCUT2D eigenvalue weighted by Gasteiger charge is 2.59. The largest absolute Gasteiger partial charge is 0.496 e. The number of benzene rings is 2. The lowest BCUT2D eigenvalue weighted by Crippen LogP contribution is -2.71. The number of hydrogen-bond acceptors (Lipinski definition) is 14. The number of hydrogen-bond donors (Lipinski definition) is 3. The Hall–Kier alpha value is -8.63. The normalized spacial score (nSPS) is 27.2. The molecule has 2 aliphatic carbocycles. The number of halogens is 3. The van der Waals surface area contributed by atoms with Gasteiger partial charge in [-0.2, -0.15) is 13.2 Å². The lowest BCUT2D eigenvalue weighted by molar-refractivity contribution is -0.161. The molecule has 1 saturated heterocycles. The predicted octanol–water partition coefficient (Wildman–Crippen LogP) is 5.55. The average molecular weight is 1510 g/mol. The van der Waals surface area contributed by atoms with Crippen molar-refractivity contribution in [3.8, 4) is 5.75 Å². The molecule has 10 atom stereocenters. The van der Waals surface area contributed by atoms with Crippen LogP contribution in [0.3, 0.4) is 0 Å². The minimum absolute atomic E-state index is 0.00612. The maximum absolute atomic E-state index is 15.9. The second-order valence-corrected chi connectivity index (χ2v) is 31.5. The number of nitrogens with one attached hydrogen (secondary N) is 3. The maximum atomic E-state index is 15.9. The van der Waals surface area contributed by atoms with E-state index < -0.39 is 185 Å². The number of nitrogens with zero attached hydrogens (tertiary/aromatic N) is 9. The zero-order valence-corrected chi connectivity index (χ0v) is 65.6. The molecule has 2 saturated carbocycles. The molecule has 3 fully saturated rings.